The fraction of sp³-hybridized carbons (Fsp3) is 0.750. The molecule has 0 saturated carbocycles. The summed E-state index contributed by atoms with van der Waals surface area (Å²) in [5, 5.41) is 0. The van der Waals surface area contributed by atoms with Crippen molar-refractivity contribution in [1.29, 1.82) is 0 Å². The lowest BCUT2D eigenvalue weighted by Crippen LogP contribution is -2.04. The Labute approximate surface area is 102 Å². The highest BCUT2D eigenvalue weighted by molar-refractivity contribution is 8.21. The summed E-state index contributed by atoms with van der Waals surface area (Å²) in [5.74, 6) is 0.359. The van der Waals surface area contributed by atoms with Gasteiger partial charge in [0.2, 0.25) is 0 Å². The number of ketones is 1. The van der Waals surface area contributed by atoms with Crippen LogP contribution in [0.3, 0.4) is 0 Å². The molecule has 0 saturated heterocycles. The Kier molecular flexibility index (Phi) is 9.41. The van der Waals surface area contributed by atoms with E-state index in [2.05, 4.69) is 26.4 Å². The van der Waals surface area contributed by atoms with Gasteiger partial charge in [-0.05, 0) is 25.4 Å². The van der Waals surface area contributed by atoms with E-state index >= 15 is 0 Å². The van der Waals surface area contributed by atoms with E-state index in [1.54, 1.807) is 23.5 Å². The van der Waals surface area contributed by atoms with Gasteiger partial charge in [-0.15, -0.1) is 23.5 Å². The van der Waals surface area contributed by atoms with Crippen LogP contribution in [0.2, 0.25) is 0 Å². The average Bonchev–Trinajstić information content (AvgIpc) is 2.26. The maximum Gasteiger partial charge on any atom is 0.160 e. The van der Waals surface area contributed by atoms with Crippen molar-refractivity contribution in [3.63, 3.8) is 0 Å². The van der Waals surface area contributed by atoms with Gasteiger partial charge in [0, 0.05) is 16.2 Å². The van der Waals surface area contributed by atoms with Gasteiger partial charge < -0.3 is 0 Å². The van der Waals surface area contributed by atoms with E-state index < -0.39 is 0 Å². The molecule has 0 atom stereocenters. The van der Waals surface area contributed by atoms with Crippen molar-refractivity contribution < 1.29 is 4.79 Å². The Morgan fingerprint density at radius 3 is 2.00 bits per heavy atom. The number of carbonyl (C=O) groups is 1. The molecule has 15 heavy (non-hydrogen) atoms. The molecule has 0 bridgehead atoms. The van der Waals surface area contributed by atoms with Crippen LogP contribution in [0.1, 0.15) is 46.0 Å². The molecule has 0 radical (unpaired) electrons. The highest BCUT2D eigenvalue weighted by atomic mass is 32.2. The highest BCUT2D eigenvalue weighted by Gasteiger charge is 2.13. The van der Waals surface area contributed by atoms with Crippen LogP contribution >= 0.6 is 23.5 Å². The number of hydrogen-bond donors (Lipinski definition) is 0. The molecule has 0 aliphatic rings. The van der Waals surface area contributed by atoms with Gasteiger partial charge in [-0.2, -0.15) is 0 Å². The van der Waals surface area contributed by atoms with Crippen LogP contribution in [-0.4, -0.2) is 18.3 Å². The first-order valence-corrected chi connectivity index (χ1v) is 8.00. The summed E-state index contributed by atoms with van der Waals surface area (Å²) in [4.78, 5) is 12.0. The molecule has 0 amide bonds. The van der Waals surface area contributed by atoms with Crippen LogP contribution in [-0.2, 0) is 4.79 Å². The van der Waals surface area contributed by atoms with Crippen LogP contribution in [0, 0.1) is 0 Å². The molecule has 0 aromatic heterocycles. The van der Waals surface area contributed by atoms with Gasteiger partial charge >= 0.3 is 0 Å². The van der Waals surface area contributed by atoms with E-state index in [9.17, 15) is 4.79 Å². The summed E-state index contributed by atoms with van der Waals surface area (Å²) < 4.78 is 1.21. The van der Waals surface area contributed by atoms with Crippen LogP contribution in [0.25, 0.3) is 0 Å². The van der Waals surface area contributed by atoms with Gasteiger partial charge in [0.25, 0.3) is 0 Å². The monoisotopic (exact) mass is 246 g/mol. The highest BCUT2D eigenvalue weighted by Crippen LogP contribution is 2.31. The van der Waals surface area contributed by atoms with Gasteiger partial charge in [-0.1, -0.05) is 26.7 Å². The van der Waals surface area contributed by atoms with Gasteiger partial charge in [-0.3, -0.25) is 4.79 Å². The van der Waals surface area contributed by atoms with Crippen molar-refractivity contribution in [2.75, 3.05) is 12.5 Å². The molecule has 0 heterocycles. The number of allylic oxidation sites excluding steroid dienone is 1. The average molecular weight is 246 g/mol. The van der Waals surface area contributed by atoms with Crippen molar-refractivity contribution in [1.82, 2.24) is 0 Å². The predicted octanol–water partition coefficient (Wildman–Crippen LogP) is 4.48. The molecule has 3 heteroatoms. The Morgan fingerprint density at radius 1 is 1.00 bits per heavy atom. The summed E-state index contributed by atoms with van der Waals surface area (Å²) in [6, 6.07) is 0. The summed E-state index contributed by atoms with van der Waals surface area (Å²) in [6.07, 6.45) is 8.91. The van der Waals surface area contributed by atoms with Crippen molar-refractivity contribution in [2.24, 2.45) is 0 Å². The third-order valence-electron chi connectivity index (χ3n) is 2.21. The van der Waals surface area contributed by atoms with Crippen molar-refractivity contribution in [3.05, 3.63) is 9.81 Å². The number of thioether (sulfide) groups is 2. The Balaban J connectivity index is 4.62. The second kappa shape index (κ2) is 9.34. The molecule has 88 valence electrons. The summed E-state index contributed by atoms with van der Waals surface area (Å²) in [7, 11) is 0. The van der Waals surface area contributed by atoms with E-state index in [1.807, 2.05) is 0 Å². The van der Waals surface area contributed by atoms with E-state index in [1.165, 1.54) is 4.24 Å². The van der Waals surface area contributed by atoms with Crippen LogP contribution < -0.4 is 0 Å². The second-order valence-electron chi connectivity index (χ2n) is 3.45. The minimum atomic E-state index is 0.359. The SMILES string of the molecule is CCCCC(=O)C(CCC)=C(SC)SC. The largest absolute Gasteiger partial charge is 0.294 e. The molecule has 0 aromatic carbocycles. The standard InChI is InChI=1S/C12H22OS2/c1-5-7-9-11(13)10(8-6-2)12(14-3)15-4/h5-9H2,1-4H3. The van der Waals surface area contributed by atoms with Gasteiger partial charge in [0.15, 0.2) is 5.78 Å². The first kappa shape index (κ1) is 15.1. The molecule has 0 aliphatic carbocycles. The number of Topliss-reactive ketones (excluding diaryl/α,β-unsaturated/α-hetero) is 1. The van der Waals surface area contributed by atoms with Crippen molar-refractivity contribution in [2.45, 2.75) is 46.0 Å². The fourth-order valence-electron chi connectivity index (χ4n) is 1.42. The normalized spacial score (nSPS) is 10.1. The molecular weight excluding hydrogens is 224 g/mol. The first-order valence-electron chi connectivity index (χ1n) is 5.55. The predicted molar refractivity (Wildman–Crippen MR) is 73.5 cm³/mol. The van der Waals surface area contributed by atoms with Crippen LogP contribution in [0.5, 0.6) is 0 Å². The molecule has 0 aromatic rings. The van der Waals surface area contributed by atoms with Crippen molar-refractivity contribution >= 4 is 29.3 Å². The zero-order valence-electron chi connectivity index (χ0n) is 10.3. The van der Waals surface area contributed by atoms with E-state index in [0.29, 0.717) is 5.78 Å². The summed E-state index contributed by atoms with van der Waals surface area (Å²) in [5.41, 5.74) is 1.06. The zero-order chi connectivity index (χ0) is 11.7. The zero-order valence-corrected chi connectivity index (χ0v) is 11.9. The molecule has 1 nitrogen and oxygen atoms in total. The first-order chi connectivity index (χ1) is 7.21. The third kappa shape index (κ3) is 5.67. The summed E-state index contributed by atoms with van der Waals surface area (Å²) >= 11 is 3.40. The van der Waals surface area contributed by atoms with Gasteiger partial charge in [0.1, 0.15) is 0 Å². The molecule has 0 fully saturated rings. The quantitative estimate of drug-likeness (QED) is 0.588. The molecular formula is C12H22OS2. The number of hydrogen-bond acceptors (Lipinski definition) is 3. The molecule has 0 spiro atoms. The molecule has 0 unspecified atom stereocenters. The Bertz CT molecular complexity index is 216. The van der Waals surface area contributed by atoms with Gasteiger partial charge in [0.05, 0.1) is 0 Å². The van der Waals surface area contributed by atoms with Crippen molar-refractivity contribution in [3.8, 4) is 0 Å². The van der Waals surface area contributed by atoms with Crippen LogP contribution in [0.4, 0.5) is 0 Å². The summed E-state index contributed by atoms with van der Waals surface area (Å²) in [6.45, 7) is 4.26. The smallest absolute Gasteiger partial charge is 0.160 e. The minimum Gasteiger partial charge on any atom is -0.294 e. The lowest BCUT2D eigenvalue weighted by atomic mass is 10.0. The lowest BCUT2D eigenvalue weighted by Gasteiger charge is -2.10. The minimum absolute atomic E-state index is 0.359. The maximum absolute atomic E-state index is 12.0. The second-order valence-corrected chi connectivity index (χ2v) is 5.34. The van der Waals surface area contributed by atoms with E-state index in [0.717, 1.165) is 37.7 Å². The van der Waals surface area contributed by atoms with Crippen LogP contribution in [0.15, 0.2) is 9.81 Å². The molecule has 0 rings (SSSR count). The number of carbonyl (C=O) groups excluding carboxylic acids is 1. The molecule has 0 N–H and O–H groups in total. The Morgan fingerprint density at radius 2 is 1.60 bits per heavy atom. The number of rotatable bonds is 8. The third-order valence-corrected chi connectivity index (χ3v) is 4.45. The lowest BCUT2D eigenvalue weighted by molar-refractivity contribution is -0.115. The number of unbranched alkanes of at least 4 members (excludes halogenated alkanes) is 1. The fourth-order valence-corrected chi connectivity index (χ4v) is 3.01. The Hall–Kier alpha value is 0.110. The maximum atomic E-state index is 12.0. The molecule has 0 aliphatic heterocycles. The topological polar surface area (TPSA) is 17.1 Å². The van der Waals surface area contributed by atoms with E-state index in [4.69, 9.17) is 0 Å². The van der Waals surface area contributed by atoms with Gasteiger partial charge in [-0.25, -0.2) is 0 Å². The van der Waals surface area contributed by atoms with E-state index in [-0.39, 0.29) is 0 Å².